The molecule has 0 fully saturated rings. The van der Waals surface area contributed by atoms with Crippen molar-refractivity contribution in [3.05, 3.63) is 29.6 Å². The van der Waals surface area contributed by atoms with E-state index in [9.17, 15) is 14.3 Å². The third-order valence-corrected chi connectivity index (χ3v) is 1.96. The summed E-state index contributed by atoms with van der Waals surface area (Å²) in [6, 6.07) is 3.02. The van der Waals surface area contributed by atoms with Gasteiger partial charge in [0.2, 0.25) is 0 Å². The standard InChI is InChI=1S/C9H10FNO3/c1-9(11,8(13)14)6-3-2-5(10)4-7(6)12/h2-4,12H,11H2,1H3,(H,13,14)/t9-/m1/s1. The predicted octanol–water partition coefficient (Wildman–Crippen LogP) is 0.790. The summed E-state index contributed by atoms with van der Waals surface area (Å²) in [7, 11) is 0. The largest absolute Gasteiger partial charge is 0.507 e. The van der Waals surface area contributed by atoms with Gasteiger partial charge in [-0.3, -0.25) is 0 Å². The second-order valence-electron chi connectivity index (χ2n) is 3.17. The van der Waals surface area contributed by atoms with Gasteiger partial charge in [-0.1, -0.05) is 0 Å². The van der Waals surface area contributed by atoms with Crippen molar-refractivity contribution >= 4 is 5.97 Å². The number of halogens is 1. The number of rotatable bonds is 2. The highest BCUT2D eigenvalue weighted by Gasteiger charge is 2.32. The number of phenolic OH excluding ortho intramolecular Hbond substituents is 1. The fourth-order valence-electron chi connectivity index (χ4n) is 1.06. The lowest BCUT2D eigenvalue weighted by molar-refractivity contribution is -0.143. The molecule has 0 saturated carbocycles. The second-order valence-corrected chi connectivity index (χ2v) is 3.17. The van der Waals surface area contributed by atoms with Crippen LogP contribution < -0.4 is 5.73 Å². The summed E-state index contributed by atoms with van der Waals surface area (Å²) in [6.45, 7) is 1.22. The molecule has 4 nitrogen and oxygen atoms in total. The summed E-state index contributed by atoms with van der Waals surface area (Å²) in [5, 5.41) is 18.1. The third-order valence-electron chi connectivity index (χ3n) is 1.96. The van der Waals surface area contributed by atoms with Gasteiger partial charge in [-0.15, -0.1) is 0 Å². The van der Waals surface area contributed by atoms with Gasteiger partial charge in [0.1, 0.15) is 17.1 Å². The molecule has 0 amide bonds. The van der Waals surface area contributed by atoms with Crippen LogP contribution in [-0.2, 0) is 10.3 Å². The fourth-order valence-corrected chi connectivity index (χ4v) is 1.06. The molecule has 1 aromatic rings. The Balaban J connectivity index is 3.26. The van der Waals surface area contributed by atoms with Crippen LogP contribution in [-0.4, -0.2) is 16.2 Å². The molecule has 5 heteroatoms. The molecule has 0 spiro atoms. The van der Waals surface area contributed by atoms with Crippen LogP contribution in [0.5, 0.6) is 5.75 Å². The highest BCUT2D eigenvalue weighted by atomic mass is 19.1. The van der Waals surface area contributed by atoms with Crippen LogP contribution in [0.3, 0.4) is 0 Å². The molecule has 0 bridgehead atoms. The zero-order valence-electron chi connectivity index (χ0n) is 7.49. The van der Waals surface area contributed by atoms with Crippen LogP contribution in [0.15, 0.2) is 18.2 Å². The Morgan fingerprint density at radius 1 is 1.57 bits per heavy atom. The molecule has 0 aliphatic carbocycles. The van der Waals surface area contributed by atoms with E-state index in [0.29, 0.717) is 0 Å². The molecular weight excluding hydrogens is 189 g/mol. The molecule has 1 aromatic carbocycles. The van der Waals surface area contributed by atoms with Gasteiger partial charge in [0.25, 0.3) is 0 Å². The van der Waals surface area contributed by atoms with Gasteiger partial charge in [-0.25, -0.2) is 9.18 Å². The van der Waals surface area contributed by atoms with E-state index in [2.05, 4.69) is 0 Å². The number of benzene rings is 1. The highest BCUT2D eigenvalue weighted by Crippen LogP contribution is 2.27. The highest BCUT2D eigenvalue weighted by molar-refractivity contribution is 5.80. The first-order chi connectivity index (χ1) is 6.35. The number of phenols is 1. The second kappa shape index (κ2) is 3.26. The maximum Gasteiger partial charge on any atom is 0.328 e. The minimum Gasteiger partial charge on any atom is -0.507 e. The number of carboxylic acid groups (broad SMARTS) is 1. The molecular formula is C9H10FNO3. The van der Waals surface area contributed by atoms with Gasteiger partial charge in [-0.05, 0) is 19.1 Å². The molecule has 0 heterocycles. The molecule has 0 radical (unpaired) electrons. The van der Waals surface area contributed by atoms with E-state index in [1.165, 1.54) is 6.92 Å². The van der Waals surface area contributed by atoms with Crippen molar-refractivity contribution < 1.29 is 19.4 Å². The Hall–Kier alpha value is -1.62. The van der Waals surface area contributed by atoms with Gasteiger partial charge in [0.15, 0.2) is 0 Å². The van der Waals surface area contributed by atoms with Crippen LogP contribution in [0, 0.1) is 5.82 Å². The summed E-state index contributed by atoms with van der Waals surface area (Å²) in [6.07, 6.45) is 0. The van der Waals surface area contributed by atoms with Crippen molar-refractivity contribution in [2.24, 2.45) is 5.73 Å². The molecule has 0 aromatic heterocycles. The molecule has 76 valence electrons. The number of aliphatic carboxylic acids is 1. The van der Waals surface area contributed by atoms with Crippen molar-refractivity contribution in [3.63, 3.8) is 0 Å². The van der Waals surface area contributed by atoms with Gasteiger partial charge in [-0.2, -0.15) is 0 Å². The Bertz CT molecular complexity index is 376. The van der Waals surface area contributed by atoms with E-state index in [1.54, 1.807) is 0 Å². The predicted molar refractivity (Wildman–Crippen MR) is 47.2 cm³/mol. The van der Waals surface area contributed by atoms with E-state index < -0.39 is 23.1 Å². The van der Waals surface area contributed by atoms with Crippen LogP contribution >= 0.6 is 0 Å². The summed E-state index contributed by atoms with van der Waals surface area (Å²) in [5.74, 6) is -2.40. The van der Waals surface area contributed by atoms with Gasteiger partial charge in [0, 0.05) is 11.6 Å². The topological polar surface area (TPSA) is 83.6 Å². The minimum atomic E-state index is -1.72. The zero-order valence-corrected chi connectivity index (χ0v) is 7.49. The van der Waals surface area contributed by atoms with E-state index in [4.69, 9.17) is 10.8 Å². The Labute approximate surface area is 79.8 Å². The van der Waals surface area contributed by atoms with Crippen LogP contribution in [0.2, 0.25) is 0 Å². The first kappa shape index (κ1) is 10.5. The van der Waals surface area contributed by atoms with Gasteiger partial charge >= 0.3 is 5.97 Å². The quantitative estimate of drug-likeness (QED) is 0.657. The zero-order chi connectivity index (χ0) is 10.9. The number of carboxylic acids is 1. The molecule has 1 atom stereocenters. The van der Waals surface area contributed by atoms with Crippen LogP contribution in [0.25, 0.3) is 0 Å². The summed E-state index contributed by atoms with van der Waals surface area (Å²) in [4.78, 5) is 10.7. The number of hydrogen-bond acceptors (Lipinski definition) is 3. The third kappa shape index (κ3) is 1.67. The molecule has 0 aliphatic rings. The van der Waals surface area contributed by atoms with Gasteiger partial charge < -0.3 is 15.9 Å². The average Bonchev–Trinajstić information content (AvgIpc) is 2.02. The molecule has 4 N–H and O–H groups in total. The fraction of sp³-hybridized carbons (Fsp3) is 0.222. The minimum absolute atomic E-state index is 0.0219. The normalized spacial score (nSPS) is 14.8. The first-order valence-electron chi connectivity index (χ1n) is 3.87. The van der Waals surface area contributed by atoms with Crippen molar-refractivity contribution in [2.75, 3.05) is 0 Å². The average molecular weight is 199 g/mol. The van der Waals surface area contributed by atoms with Crippen molar-refractivity contribution in [1.82, 2.24) is 0 Å². The van der Waals surface area contributed by atoms with Crippen molar-refractivity contribution in [3.8, 4) is 5.75 Å². The lowest BCUT2D eigenvalue weighted by atomic mass is 9.92. The number of nitrogens with two attached hydrogens (primary N) is 1. The Kier molecular flexibility index (Phi) is 2.44. The van der Waals surface area contributed by atoms with Crippen LogP contribution in [0.4, 0.5) is 4.39 Å². The number of aromatic hydroxyl groups is 1. The van der Waals surface area contributed by atoms with E-state index in [-0.39, 0.29) is 5.56 Å². The van der Waals surface area contributed by atoms with E-state index in [1.807, 2.05) is 0 Å². The number of carbonyl (C=O) groups is 1. The van der Waals surface area contributed by atoms with Crippen LogP contribution in [0.1, 0.15) is 12.5 Å². The summed E-state index contributed by atoms with van der Waals surface area (Å²) in [5.41, 5.74) is 3.70. The smallest absolute Gasteiger partial charge is 0.328 e. The van der Waals surface area contributed by atoms with E-state index >= 15 is 0 Å². The molecule has 1 rings (SSSR count). The molecule has 0 aliphatic heterocycles. The maximum atomic E-state index is 12.6. The lowest BCUT2D eigenvalue weighted by Gasteiger charge is -2.20. The SMILES string of the molecule is C[C@](N)(C(=O)O)c1ccc(F)cc1O. The summed E-state index contributed by atoms with van der Waals surface area (Å²) >= 11 is 0. The Morgan fingerprint density at radius 3 is 2.57 bits per heavy atom. The maximum absolute atomic E-state index is 12.6. The lowest BCUT2D eigenvalue weighted by Crippen LogP contribution is -2.41. The Morgan fingerprint density at radius 2 is 2.14 bits per heavy atom. The first-order valence-corrected chi connectivity index (χ1v) is 3.87. The molecule has 0 saturated heterocycles. The number of hydrogen-bond donors (Lipinski definition) is 3. The van der Waals surface area contributed by atoms with Gasteiger partial charge in [0.05, 0.1) is 0 Å². The monoisotopic (exact) mass is 199 g/mol. The molecule has 0 unspecified atom stereocenters. The van der Waals surface area contributed by atoms with Crippen molar-refractivity contribution in [1.29, 1.82) is 0 Å². The van der Waals surface area contributed by atoms with E-state index in [0.717, 1.165) is 18.2 Å². The summed E-state index contributed by atoms with van der Waals surface area (Å²) < 4.78 is 12.6. The molecule has 14 heavy (non-hydrogen) atoms. The van der Waals surface area contributed by atoms with Crippen molar-refractivity contribution in [2.45, 2.75) is 12.5 Å².